The lowest BCUT2D eigenvalue weighted by molar-refractivity contribution is 1.14. The van der Waals surface area contributed by atoms with E-state index in [0.29, 0.717) is 0 Å². The zero-order valence-electron chi connectivity index (χ0n) is 10.6. The van der Waals surface area contributed by atoms with Crippen molar-refractivity contribution in [2.45, 2.75) is 13.3 Å². The quantitative estimate of drug-likeness (QED) is 0.724. The molecule has 0 amide bonds. The van der Waals surface area contributed by atoms with Crippen LogP contribution in [0.1, 0.15) is 12.5 Å². The van der Waals surface area contributed by atoms with E-state index in [1.807, 2.05) is 0 Å². The summed E-state index contributed by atoms with van der Waals surface area (Å²) >= 11 is 1.59. The van der Waals surface area contributed by atoms with Crippen LogP contribution in [0.3, 0.4) is 0 Å². The summed E-state index contributed by atoms with van der Waals surface area (Å²) in [6.07, 6.45) is 6.15. The molecular formula is C15H13N3S. The number of aryl methyl sites for hydroxylation is 1. The minimum atomic E-state index is 0.823. The highest BCUT2D eigenvalue weighted by Crippen LogP contribution is 2.27. The minimum Gasteiger partial charge on any atom is -0.261 e. The van der Waals surface area contributed by atoms with E-state index < -0.39 is 0 Å². The fourth-order valence-corrected chi connectivity index (χ4v) is 2.63. The zero-order valence-corrected chi connectivity index (χ0v) is 11.4. The third-order valence-corrected chi connectivity index (χ3v) is 3.81. The largest absolute Gasteiger partial charge is 0.261 e. The Morgan fingerprint density at radius 2 is 1.89 bits per heavy atom. The molecule has 0 atom stereocenters. The lowest BCUT2D eigenvalue weighted by Crippen LogP contribution is -1.84. The third-order valence-electron chi connectivity index (χ3n) is 2.94. The van der Waals surface area contributed by atoms with Crippen LogP contribution in [0.15, 0.2) is 48.2 Å². The smallest absolute Gasteiger partial charge is 0.144 e. The topological polar surface area (TPSA) is 38.7 Å². The summed E-state index contributed by atoms with van der Waals surface area (Å²) in [5, 5.41) is 2.97. The zero-order chi connectivity index (χ0) is 13.1. The fourth-order valence-electron chi connectivity index (χ4n) is 1.84. The Labute approximate surface area is 116 Å². The predicted octanol–water partition coefficient (Wildman–Crippen LogP) is 3.83. The molecule has 0 radical (unpaired) electrons. The van der Waals surface area contributed by atoms with Gasteiger partial charge in [0.05, 0.1) is 11.9 Å². The van der Waals surface area contributed by atoms with Crippen molar-refractivity contribution in [1.29, 1.82) is 0 Å². The van der Waals surface area contributed by atoms with Gasteiger partial charge in [0.1, 0.15) is 10.7 Å². The Morgan fingerprint density at radius 1 is 1.05 bits per heavy atom. The molecule has 0 unspecified atom stereocenters. The van der Waals surface area contributed by atoms with E-state index in [9.17, 15) is 0 Å². The molecule has 0 N–H and O–H groups in total. The van der Waals surface area contributed by atoms with E-state index in [2.05, 4.69) is 51.5 Å². The number of aromatic nitrogens is 3. The molecule has 0 aliphatic carbocycles. The number of nitrogens with zero attached hydrogens (tertiary/aromatic N) is 3. The fraction of sp³-hybridized carbons (Fsp3) is 0.133. The molecule has 4 heteroatoms. The molecule has 0 spiro atoms. The summed E-state index contributed by atoms with van der Waals surface area (Å²) in [6, 6.07) is 8.54. The molecule has 0 fully saturated rings. The number of benzene rings is 1. The summed E-state index contributed by atoms with van der Waals surface area (Å²) in [5.41, 5.74) is 4.30. The van der Waals surface area contributed by atoms with Crippen molar-refractivity contribution in [2.24, 2.45) is 0 Å². The summed E-state index contributed by atoms with van der Waals surface area (Å²) in [7, 11) is 0. The molecule has 3 nitrogen and oxygen atoms in total. The minimum absolute atomic E-state index is 0.823. The Bertz CT molecular complexity index is 659. The van der Waals surface area contributed by atoms with Crippen LogP contribution < -0.4 is 0 Å². The highest BCUT2D eigenvalue weighted by molar-refractivity contribution is 7.13. The van der Waals surface area contributed by atoms with E-state index in [0.717, 1.165) is 28.4 Å². The van der Waals surface area contributed by atoms with Crippen molar-refractivity contribution < 1.29 is 0 Å². The molecule has 0 aliphatic heterocycles. The highest BCUT2D eigenvalue weighted by Gasteiger charge is 2.07. The van der Waals surface area contributed by atoms with E-state index in [4.69, 9.17) is 0 Å². The number of rotatable bonds is 3. The van der Waals surface area contributed by atoms with Crippen molar-refractivity contribution >= 4 is 11.3 Å². The van der Waals surface area contributed by atoms with Gasteiger partial charge in [0.15, 0.2) is 0 Å². The van der Waals surface area contributed by atoms with E-state index in [1.165, 1.54) is 5.56 Å². The highest BCUT2D eigenvalue weighted by atomic mass is 32.1. The van der Waals surface area contributed by atoms with Crippen LogP contribution in [-0.2, 0) is 6.42 Å². The summed E-state index contributed by atoms with van der Waals surface area (Å²) in [6.45, 7) is 2.16. The van der Waals surface area contributed by atoms with Crippen LogP contribution >= 0.6 is 11.3 Å². The molecule has 3 rings (SSSR count). The Hall–Kier alpha value is -2.07. The second-order valence-electron chi connectivity index (χ2n) is 4.18. The van der Waals surface area contributed by atoms with Crippen LogP contribution in [-0.4, -0.2) is 15.0 Å². The lowest BCUT2D eigenvalue weighted by atomic mass is 10.1. The number of thiazole rings is 1. The monoisotopic (exact) mass is 267 g/mol. The molecule has 0 bridgehead atoms. The first-order valence-corrected chi connectivity index (χ1v) is 7.06. The maximum Gasteiger partial charge on any atom is 0.144 e. The van der Waals surface area contributed by atoms with Crippen LogP contribution in [0.25, 0.3) is 22.0 Å². The van der Waals surface area contributed by atoms with Crippen LogP contribution in [0, 0.1) is 0 Å². The first-order valence-electron chi connectivity index (χ1n) is 6.18. The van der Waals surface area contributed by atoms with Crippen LogP contribution in [0.2, 0.25) is 0 Å². The summed E-state index contributed by atoms with van der Waals surface area (Å²) < 4.78 is 0. The number of hydrogen-bond donors (Lipinski definition) is 0. The maximum atomic E-state index is 4.62. The van der Waals surface area contributed by atoms with Gasteiger partial charge >= 0.3 is 0 Å². The first kappa shape index (κ1) is 12.0. The van der Waals surface area contributed by atoms with Gasteiger partial charge in [-0.2, -0.15) is 0 Å². The van der Waals surface area contributed by atoms with Gasteiger partial charge in [-0.3, -0.25) is 9.97 Å². The lowest BCUT2D eigenvalue weighted by Gasteiger charge is -1.99. The molecule has 3 aromatic rings. The molecule has 0 saturated heterocycles. The van der Waals surface area contributed by atoms with E-state index in [1.54, 1.807) is 29.9 Å². The van der Waals surface area contributed by atoms with Gasteiger partial charge in [-0.1, -0.05) is 31.2 Å². The molecular weight excluding hydrogens is 254 g/mol. The summed E-state index contributed by atoms with van der Waals surface area (Å²) in [5.74, 6) is 0. The molecule has 0 saturated carbocycles. The second kappa shape index (κ2) is 5.28. The second-order valence-corrected chi connectivity index (χ2v) is 5.04. The van der Waals surface area contributed by atoms with Gasteiger partial charge in [-0.05, 0) is 12.0 Å². The van der Waals surface area contributed by atoms with Crippen molar-refractivity contribution in [3.8, 4) is 22.0 Å². The van der Waals surface area contributed by atoms with Crippen molar-refractivity contribution in [3.63, 3.8) is 0 Å². The average Bonchev–Trinajstić information content (AvgIpc) is 2.98. The molecule has 1 aromatic carbocycles. The van der Waals surface area contributed by atoms with E-state index >= 15 is 0 Å². The molecule has 0 aliphatic rings. The van der Waals surface area contributed by atoms with Gasteiger partial charge in [-0.25, -0.2) is 4.98 Å². The standard InChI is InChI=1S/C15H13N3S/c1-2-11-3-5-12(6-4-11)14-10-19-15(18-14)13-9-16-7-8-17-13/h3-10H,2H2,1H3. The Morgan fingerprint density at radius 3 is 2.58 bits per heavy atom. The predicted molar refractivity (Wildman–Crippen MR) is 78.0 cm³/mol. The van der Waals surface area contributed by atoms with Crippen LogP contribution in [0.4, 0.5) is 0 Å². The van der Waals surface area contributed by atoms with Gasteiger partial charge in [-0.15, -0.1) is 11.3 Å². The molecule has 94 valence electrons. The van der Waals surface area contributed by atoms with Gasteiger partial charge in [0.2, 0.25) is 0 Å². The Balaban J connectivity index is 1.92. The van der Waals surface area contributed by atoms with Gasteiger partial charge in [0.25, 0.3) is 0 Å². The number of hydrogen-bond acceptors (Lipinski definition) is 4. The Kier molecular flexibility index (Phi) is 3.33. The van der Waals surface area contributed by atoms with Crippen molar-refractivity contribution in [3.05, 3.63) is 53.8 Å². The average molecular weight is 267 g/mol. The maximum absolute atomic E-state index is 4.62. The van der Waals surface area contributed by atoms with Crippen molar-refractivity contribution in [2.75, 3.05) is 0 Å². The normalized spacial score (nSPS) is 10.6. The van der Waals surface area contributed by atoms with Gasteiger partial charge in [0, 0.05) is 23.3 Å². The van der Waals surface area contributed by atoms with Crippen LogP contribution in [0.5, 0.6) is 0 Å². The van der Waals surface area contributed by atoms with Crippen molar-refractivity contribution in [1.82, 2.24) is 15.0 Å². The SMILES string of the molecule is CCc1ccc(-c2csc(-c3cnccn3)n2)cc1. The summed E-state index contributed by atoms with van der Waals surface area (Å²) in [4.78, 5) is 13.0. The molecule has 2 heterocycles. The van der Waals surface area contributed by atoms with Gasteiger partial charge < -0.3 is 0 Å². The van der Waals surface area contributed by atoms with E-state index in [-0.39, 0.29) is 0 Å². The molecule has 19 heavy (non-hydrogen) atoms. The first-order chi connectivity index (χ1) is 9.36. The molecule has 2 aromatic heterocycles. The third kappa shape index (κ3) is 2.53.